The maximum atomic E-state index is 14.8. The smallest absolute Gasteiger partial charge is 0.416 e. The molecule has 0 bridgehead atoms. The molecule has 2 N–H and O–H groups in total. The van der Waals surface area contributed by atoms with Crippen LogP contribution in [0, 0.1) is 16.7 Å². The number of likely N-dealkylation sites (tertiary alicyclic amines) is 1. The molecule has 284 valence electrons. The highest BCUT2D eigenvalue weighted by atomic mass is 35.5. The second-order valence-electron chi connectivity index (χ2n) is 14.4. The molecule has 1 aliphatic rings. The van der Waals surface area contributed by atoms with Crippen molar-refractivity contribution in [2.24, 2.45) is 5.41 Å². The van der Waals surface area contributed by atoms with Crippen LogP contribution in [-0.2, 0) is 27.7 Å². The Kier molecular flexibility index (Phi) is 11.5. The summed E-state index contributed by atoms with van der Waals surface area (Å²) in [6.45, 7) is 8.08. The third-order valence-electron chi connectivity index (χ3n) is 9.86. The Morgan fingerprint density at radius 3 is 2.35 bits per heavy atom. The van der Waals surface area contributed by atoms with Crippen LogP contribution in [0.15, 0.2) is 71.5 Å². The minimum atomic E-state index is -4.73. The van der Waals surface area contributed by atoms with Gasteiger partial charge in [0.2, 0.25) is 5.91 Å². The molecule has 54 heavy (non-hydrogen) atoms. The Morgan fingerprint density at radius 1 is 1.06 bits per heavy atom. The van der Waals surface area contributed by atoms with Crippen LogP contribution in [0.5, 0.6) is 5.75 Å². The zero-order valence-electron chi connectivity index (χ0n) is 30.3. The van der Waals surface area contributed by atoms with Gasteiger partial charge in [-0.25, -0.2) is 4.79 Å². The summed E-state index contributed by atoms with van der Waals surface area (Å²) in [5.74, 6) is -0.625. The molecule has 2 unspecified atom stereocenters. The van der Waals surface area contributed by atoms with Crippen LogP contribution in [0.25, 0.3) is 22.4 Å². The average molecular weight is 784 g/mol. The Morgan fingerprint density at radius 2 is 1.74 bits per heavy atom. The molecule has 1 aromatic heterocycles. The molecule has 9 nitrogen and oxygen atoms in total. The number of nitrogens with zero attached hydrogens (tertiary/aromatic N) is 3. The van der Waals surface area contributed by atoms with Crippen molar-refractivity contribution in [1.29, 1.82) is 5.26 Å². The van der Waals surface area contributed by atoms with Gasteiger partial charge in [0.05, 0.1) is 23.3 Å². The first kappa shape index (κ1) is 40.2. The van der Waals surface area contributed by atoms with Crippen LogP contribution in [0.4, 0.5) is 18.0 Å². The molecule has 3 aromatic carbocycles. The van der Waals surface area contributed by atoms with Crippen molar-refractivity contribution in [3.63, 3.8) is 0 Å². The monoisotopic (exact) mass is 782 g/mol. The molecular formula is C40H39Cl2F3N4O5. The number of phenolic OH excluding ortho intramolecular Hbond substituents is 1. The van der Waals surface area contributed by atoms with Crippen molar-refractivity contribution in [3.8, 4) is 34.2 Å². The van der Waals surface area contributed by atoms with Gasteiger partial charge in [0.1, 0.15) is 17.4 Å². The van der Waals surface area contributed by atoms with Crippen molar-refractivity contribution >= 4 is 35.2 Å². The van der Waals surface area contributed by atoms with Crippen LogP contribution in [0.2, 0.25) is 10.0 Å². The second kappa shape index (κ2) is 15.4. The highest BCUT2D eigenvalue weighted by Crippen LogP contribution is 2.46. The first-order valence-corrected chi connectivity index (χ1v) is 17.9. The predicted molar refractivity (Wildman–Crippen MR) is 200 cm³/mol. The number of benzene rings is 3. The molecular weight excluding hydrogens is 744 g/mol. The van der Waals surface area contributed by atoms with Gasteiger partial charge in [-0.05, 0) is 67.1 Å². The number of aromatic hydroxyl groups is 1. The lowest BCUT2D eigenvalue weighted by molar-refractivity contribution is -0.140. The average Bonchev–Trinajstić information content (AvgIpc) is 3.11. The van der Waals surface area contributed by atoms with Gasteiger partial charge in [0.15, 0.2) is 0 Å². The number of amides is 2. The SMILES string of the molecule is CCOC(=O)N1CCC(C(=O)N(C)Cc2cc(Cl)cc(-c3cc(-c4cc(C(F)(F)F)ccc4Cl)c(C#N)c(=O)[nH]3)c2O)(c2ccccc2)CC1C(C)(C)C. The van der Waals surface area contributed by atoms with Crippen molar-refractivity contribution in [2.45, 2.75) is 64.7 Å². The lowest BCUT2D eigenvalue weighted by Crippen LogP contribution is -2.60. The van der Waals surface area contributed by atoms with Gasteiger partial charge in [-0.3, -0.25) is 9.59 Å². The number of nitrogens with one attached hydrogen (secondary N) is 1. The topological polar surface area (TPSA) is 127 Å². The molecule has 4 aromatic rings. The number of pyridine rings is 1. The van der Waals surface area contributed by atoms with E-state index in [-0.39, 0.29) is 75.4 Å². The van der Waals surface area contributed by atoms with Crippen LogP contribution in [-0.4, -0.2) is 58.1 Å². The summed E-state index contributed by atoms with van der Waals surface area (Å²) in [5, 5.41) is 21.4. The molecule has 2 atom stereocenters. The molecule has 0 radical (unpaired) electrons. The number of aromatic amines is 1. The summed E-state index contributed by atoms with van der Waals surface area (Å²) in [4.78, 5) is 46.7. The van der Waals surface area contributed by atoms with Gasteiger partial charge in [0, 0.05) is 58.5 Å². The van der Waals surface area contributed by atoms with Crippen molar-refractivity contribution in [1.82, 2.24) is 14.8 Å². The highest BCUT2D eigenvalue weighted by molar-refractivity contribution is 6.33. The second-order valence-corrected chi connectivity index (χ2v) is 15.2. The molecule has 1 saturated heterocycles. The summed E-state index contributed by atoms with van der Waals surface area (Å²) in [6, 6.07) is 17.3. The summed E-state index contributed by atoms with van der Waals surface area (Å²) in [7, 11) is 1.59. The molecule has 0 aliphatic carbocycles. The molecule has 1 aliphatic heterocycles. The Bertz CT molecular complexity index is 2180. The summed E-state index contributed by atoms with van der Waals surface area (Å²) >= 11 is 12.8. The number of halogens is 5. The third-order valence-corrected chi connectivity index (χ3v) is 10.4. The standard InChI is InChI=1S/C40H39Cl2F3N4O5/c1-6-54-37(53)49-15-14-39(20-33(49)38(2,3)4,24-10-8-7-9-11-24)36(52)48(5)22-23-16-26(41)18-29(34(23)50)32-19-27(30(21-46)35(51)47-32)28-17-25(40(43,44)45)12-13-31(28)42/h7-13,16-19,33,50H,6,14-15,20,22H2,1-5H3,(H,47,51). The van der Waals surface area contributed by atoms with E-state index in [9.17, 15) is 37.9 Å². The van der Waals surface area contributed by atoms with E-state index in [0.29, 0.717) is 12.8 Å². The minimum absolute atomic E-state index is 0.00222. The third kappa shape index (κ3) is 7.93. The molecule has 5 rings (SSSR count). The van der Waals surface area contributed by atoms with Crippen LogP contribution in [0.3, 0.4) is 0 Å². The Labute approximate surface area is 320 Å². The van der Waals surface area contributed by atoms with Crippen LogP contribution < -0.4 is 5.56 Å². The molecule has 2 amide bonds. The summed E-state index contributed by atoms with van der Waals surface area (Å²) < 4.78 is 46.3. The first-order valence-electron chi connectivity index (χ1n) is 17.1. The fourth-order valence-electron chi connectivity index (χ4n) is 7.16. The van der Waals surface area contributed by atoms with Gasteiger partial charge >= 0.3 is 12.3 Å². The number of aromatic nitrogens is 1. The number of carbonyl (C=O) groups excluding carboxylic acids is 2. The molecule has 2 heterocycles. The summed E-state index contributed by atoms with van der Waals surface area (Å²) in [6.07, 6.45) is -4.59. The molecule has 0 spiro atoms. The quantitative estimate of drug-likeness (QED) is 0.193. The number of rotatable bonds is 7. The Hall–Kier alpha value is -4.99. The van der Waals surface area contributed by atoms with Gasteiger partial charge in [0.25, 0.3) is 5.56 Å². The van der Waals surface area contributed by atoms with E-state index >= 15 is 0 Å². The van der Waals surface area contributed by atoms with E-state index in [1.165, 1.54) is 23.1 Å². The van der Waals surface area contributed by atoms with E-state index < -0.39 is 39.8 Å². The number of carbonyl (C=O) groups is 2. The van der Waals surface area contributed by atoms with E-state index in [0.717, 1.165) is 23.8 Å². The predicted octanol–water partition coefficient (Wildman–Crippen LogP) is 9.18. The van der Waals surface area contributed by atoms with E-state index in [1.54, 1.807) is 24.9 Å². The number of alkyl halides is 3. The van der Waals surface area contributed by atoms with E-state index in [2.05, 4.69) is 4.98 Å². The highest BCUT2D eigenvalue weighted by Gasteiger charge is 2.52. The number of H-pyrrole nitrogens is 1. The Balaban J connectivity index is 1.56. The normalized spacial score (nSPS) is 17.5. The lowest BCUT2D eigenvalue weighted by Gasteiger charge is -2.50. The lowest BCUT2D eigenvalue weighted by atomic mass is 9.65. The maximum Gasteiger partial charge on any atom is 0.416 e. The van der Waals surface area contributed by atoms with E-state index in [1.807, 2.05) is 51.1 Å². The number of piperidine rings is 1. The van der Waals surface area contributed by atoms with Gasteiger partial charge < -0.3 is 24.6 Å². The van der Waals surface area contributed by atoms with Crippen LogP contribution >= 0.6 is 23.2 Å². The number of likely N-dealkylation sites (N-methyl/N-ethyl adjacent to an activating group) is 1. The zero-order chi connectivity index (χ0) is 39.7. The fourth-order valence-corrected chi connectivity index (χ4v) is 7.62. The number of hydrogen-bond donors (Lipinski definition) is 2. The summed E-state index contributed by atoms with van der Waals surface area (Å²) in [5.41, 5.74) is -3.43. The van der Waals surface area contributed by atoms with Gasteiger partial charge in [-0.1, -0.05) is 74.3 Å². The first-order chi connectivity index (χ1) is 25.3. The maximum absolute atomic E-state index is 14.8. The van der Waals surface area contributed by atoms with Gasteiger partial charge in [-0.15, -0.1) is 0 Å². The molecule has 0 saturated carbocycles. The molecule has 14 heteroatoms. The minimum Gasteiger partial charge on any atom is -0.507 e. The zero-order valence-corrected chi connectivity index (χ0v) is 31.8. The number of nitriles is 1. The van der Waals surface area contributed by atoms with Crippen molar-refractivity contribution in [3.05, 3.63) is 109 Å². The van der Waals surface area contributed by atoms with Crippen molar-refractivity contribution < 1.29 is 32.6 Å². The van der Waals surface area contributed by atoms with Crippen LogP contribution in [0.1, 0.15) is 62.8 Å². The molecule has 1 fully saturated rings. The number of ether oxygens (including phenoxy) is 1. The van der Waals surface area contributed by atoms with Gasteiger partial charge in [-0.2, -0.15) is 18.4 Å². The van der Waals surface area contributed by atoms with Crippen molar-refractivity contribution in [2.75, 3.05) is 20.2 Å². The fraction of sp³-hybridized carbons (Fsp3) is 0.350. The number of phenols is 1. The van der Waals surface area contributed by atoms with E-state index in [4.69, 9.17) is 27.9 Å². The number of hydrogen-bond acceptors (Lipinski definition) is 6. The largest absolute Gasteiger partial charge is 0.507 e.